The van der Waals surface area contributed by atoms with Crippen molar-refractivity contribution in [2.75, 3.05) is 17.8 Å². The first-order valence-electron chi connectivity index (χ1n) is 11.3. The summed E-state index contributed by atoms with van der Waals surface area (Å²) in [5, 5.41) is 3.98. The van der Waals surface area contributed by atoms with Crippen molar-refractivity contribution in [3.8, 4) is 0 Å². The Morgan fingerprint density at radius 2 is 1.69 bits per heavy atom. The van der Waals surface area contributed by atoms with E-state index in [1.54, 1.807) is 47.6 Å². The number of nitrogens with zero attached hydrogens (tertiary/aromatic N) is 1. The Labute approximate surface area is 204 Å². The van der Waals surface area contributed by atoms with Gasteiger partial charge in [-0.2, -0.15) is 0 Å². The first-order valence-corrected chi connectivity index (χ1v) is 12.9. The highest BCUT2D eigenvalue weighted by Gasteiger charge is 2.27. The average molecular weight is 494 g/mol. The second-order valence-corrected chi connectivity index (χ2v) is 9.87. The minimum Gasteiger partial charge on any atom is -0.467 e. The molecule has 0 unspecified atom stereocenters. The summed E-state index contributed by atoms with van der Waals surface area (Å²) in [6, 6.07) is 19.0. The maximum absolute atomic E-state index is 12.9. The number of amides is 2. The molecule has 0 bridgehead atoms. The third-order valence-corrected chi connectivity index (χ3v) is 6.82. The Morgan fingerprint density at radius 3 is 2.34 bits per heavy atom. The molecule has 4 rings (SSSR count). The highest BCUT2D eigenvalue weighted by Crippen LogP contribution is 2.21. The number of carbonyl (C=O) groups is 2. The fraction of sp³-hybridized carbons (Fsp3) is 0.231. The van der Waals surface area contributed by atoms with E-state index in [2.05, 4.69) is 10.0 Å². The molecule has 9 heteroatoms. The number of nitrogens with one attached hydrogen (secondary N) is 2. The van der Waals surface area contributed by atoms with Gasteiger partial charge in [0.1, 0.15) is 5.76 Å². The molecule has 0 saturated carbocycles. The number of benzene rings is 2. The molecule has 0 spiro atoms. The molecule has 1 aliphatic rings. The lowest BCUT2D eigenvalue weighted by molar-refractivity contribution is -0.126. The molecular weight excluding hydrogens is 466 g/mol. The number of rotatable bonds is 8. The topological polar surface area (TPSA) is 109 Å². The highest BCUT2D eigenvalue weighted by molar-refractivity contribution is 7.95. The van der Waals surface area contributed by atoms with E-state index < -0.39 is 10.0 Å². The van der Waals surface area contributed by atoms with Crippen LogP contribution in [0.5, 0.6) is 0 Å². The highest BCUT2D eigenvalue weighted by atomic mass is 32.2. The Balaban J connectivity index is 1.27. The zero-order valence-corrected chi connectivity index (χ0v) is 19.9. The van der Waals surface area contributed by atoms with Gasteiger partial charge in [-0.05, 0) is 60.9 Å². The van der Waals surface area contributed by atoms with Crippen LogP contribution in [0.15, 0.2) is 82.8 Å². The summed E-state index contributed by atoms with van der Waals surface area (Å²) in [5.74, 6) is 0.378. The van der Waals surface area contributed by atoms with Gasteiger partial charge in [-0.15, -0.1) is 0 Å². The van der Waals surface area contributed by atoms with Crippen molar-refractivity contribution in [3.63, 3.8) is 0 Å². The third kappa shape index (κ3) is 6.83. The zero-order valence-electron chi connectivity index (χ0n) is 19.1. The SMILES string of the molecule is O=C(NCc1ccco1)C1CCN(C(=O)c2ccc(NS(=O)(=O)/C=C/c3ccccc3)cc2)CC1. The van der Waals surface area contributed by atoms with Gasteiger partial charge in [0.25, 0.3) is 15.9 Å². The van der Waals surface area contributed by atoms with Gasteiger partial charge in [0.05, 0.1) is 18.2 Å². The van der Waals surface area contributed by atoms with Crippen molar-refractivity contribution in [1.82, 2.24) is 10.2 Å². The normalized spacial score (nSPS) is 14.7. The predicted octanol–water partition coefficient (Wildman–Crippen LogP) is 3.86. The van der Waals surface area contributed by atoms with Crippen molar-refractivity contribution in [1.29, 1.82) is 0 Å². The van der Waals surface area contributed by atoms with Gasteiger partial charge in [-0.3, -0.25) is 14.3 Å². The maximum atomic E-state index is 12.9. The van der Waals surface area contributed by atoms with Crippen LogP contribution in [0.2, 0.25) is 0 Å². The van der Waals surface area contributed by atoms with Crippen LogP contribution in [0.1, 0.15) is 34.5 Å². The van der Waals surface area contributed by atoms with Crippen LogP contribution in [0.4, 0.5) is 5.69 Å². The second-order valence-electron chi connectivity index (χ2n) is 8.30. The Hall–Kier alpha value is -3.85. The molecule has 1 aromatic heterocycles. The molecule has 1 fully saturated rings. The van der Waals surface area contributed by atoms with Gasteiger partial charge in [-0.1, -0.05) is 30.3 Å². The van der Waals surface area contributed by atoms with E-state index in [-0.39, 0.29) is 17.7 Å². The quantitative estimate of drug-likeness (QED) is 0.495. The number of hydrogen-bond acceptors (Lipinski definition) is 5. The lowest BCUT2D eigenvalue weighted by Gasteiger charge is -2.31. The minimum absolute atomic E-state index is 0.0357. The molecule has 8 nitrogen and oxygen atoms in total. The van der Waals surface area contributed by atoms with Crippen molar-refractivity contribution < 1.29 is 22.4 Å². The molecule has 1 aliphatic heterocycles. The van der Waals surface area contributed by atoms with E-state index in [0.29, 0.717) is 49.5 Å². The van der Waals surface area contributed by atoms with Crippen LogP contribution in [0.25, 0.3) is 6.08 Å². The van der Waals surface area contributed by atoms with E-state index in [9.17, 15) is 18.0 Å². The molecule has 0 atom stereocenters. The average Bonchev–Trinajstić information content (AvgIpc) is 3.40. The largest absolute Gasteiger partial charge is 0.467 e. The van der Waals surface area contributed by atoms with Crippen LogP contribution in [0.3, 0.4) is 0 Å². The maximum Gasteiger partial charge on any atom is 0.255 e. The number of piperidine rings is 1. The van der Waals surface area contributed by atoms with Crippen molar-refractivity contribution in [3.05, 3.63) is 95.3 Å². The fourth-order valence-electron chi connectivity index (χ4n) is 3.87. The summed E-state index contributed by atoms with van der Waals surface area (Å²) < 4.78 is 32.4. The molecule has 0 radical (unpaired) electrons. The van der Waals surface area contributed by atoms with E-state index in [1.807, 2.05) is 30.3 Å². The Bertz CT molecular complexity index is 1260. The number of sulfonamides is 1. The van der Waals surface area contributed by atoms with Crippen LogP contribution in [-0.2, 0) is 21.4 Å². The van der Waals surface area contributed by atoms with Crippen LogP contribution >= 0.6 is 0 Å². The van der Waals surface area contributed by atoms with E-state index in [1.165, 1.54) is 6.08 Å². The summed E-state index contributed by atoms with van der Waals surface area (Å²) in [7, 11) is -3.69. The van der Waals surface area contributed by atoms with Gasteiger partial charge < -0.3 is 14.6 Å². The molecule has 0 aliphatic carbocycles. The van der Waals surface area contributed by atoms with E-state index >= 15 is 0 Å². The van der Waals surface area contributed by atoms with Crippen molar-refractivity contribution in [2.45, 2.75) is 19.4 Å². The molecule has 2 amide bonds. The lowest BCUT2D eigenvalue weighted by atomic mass is 9.95. The Kier molecular flexibility index (Phi) is 7.67. The third-order valence-electron chi connectivity index (χ3n) is 5.80. The molecule has 182 valence electrons. The predicted molar refractivity (Wildman–Crippen MR) is 134 cm³/mol. The first kappa shape index (κ1) is 24.3. The minimum atomic E-state index is -3.69. The van der Waals surface area contributed by atoms with E-state index in [0.717, 1.165) is 11.0 Å². The molecule has 2 N–H and O–H groups in total. The fourth-order valence-corrected chi connectivity index (χ4v) is 4.74. The van der Waals surface area contributed by atoms with Crippen LogP contribution in [-0.4, -0.2) is 38.2 Å². The second kappa shape index (κ2) is 11.1. The summed E-state index contributed by atoms with van der Waals surface area (Å²) in [5.41, 5.74) is 1.61. The first-order chi connectivity index (χ1) is 16.9. The monoisotopic (exact) mass is 493 g/mol. The van der Waals surface area contributed by atoms with Gasteiger partial charge in [0.15, 0.2) is 0 Å². The number of likely N-dealkylation sites (tertiary alicyclic amines) is 1. The summed E-state index contributed by atoms with van der Waals surface area (Å²) in [6.07, 6.45) is 4.25. The molecule has 3 aromatic rings. The molecule has 35 heavy (non-hydrogen) atoms. The number of hydrogen-bond donors (Lipinski definition) is 2. The molecule has 1 saturated heterocycles. The summed E-state index contributed by atoms with van der Waals surface area (Å²) in [4.78, 5) is 27.0. The molecule has 2 aromatic carbocycles. The van der Waals surface area contributed by atoms with Gasteiger partial charge in [-0.25, -0.2) is 8.42 Å². The number of anilines is 1. The lowest BCUT2D eigenvalue weighted by Crippen LogP contribution is -2.42. The van der Waals surface area contributed by atoms with Gasteiger partial charge in [0, 0.05) is 30.3 Å². The Morgan fingerprint density at radius 1 is 0.971 bits per heavy atom. The molecular formula is C26H27N3O5S. The van der Waals surface area contributed by atoms with Gasteiger partial charge in [0.2, 0.25) is 5.91 Å². The summed E-state index contributed by atoms with van der Waals surface area (Å²) in [6.45, 7) is 1.32. The van der Waals surface area contributed by atoms with E-state index in [4.69, 9.17) is 4.42 Å². The number of furan rings is 1. The standard InChI is InChI=1S/C26H27N3O5S/c30-25(27-19-24-7-4-17-34-24)21-12-15-29(16-13-21)26(31)22-8-10-23(11-9-22)28-35(32,33)18-14-20-5-2-1-3-6-20/h1-11,14,17-18,21,28H,12-13,15-16,19H2,(H,27,30)/b18-14+. The molecule has 2 heterocycles. The number of carbonyl (C=O) groups excluding carboxylic acids is 2. The van der Waals surface area contributed by atoms with Crippen LogP contribution < -0.4 is 10.0 Å². The smallest absolute Gasteiger partial charge is 0.255 e. The zero-order chi connectivity index (χ0) is 24.7. The van der Waals surface area contributed by atoms with Crippen LogP contribution in [0, 0.1) is 5.92 Å². The van der Waals surface area contributed by atoms with Crippen molar-refractivity contribution >= 4 is 33.6 Å². The van der Waals surface area contributed by atoms with Crippen molar-refractivity contribution in [2.24, 2.45) is 5.92 Å². The summed E-state index contributed by atoms with van der Waals surface area (Å²) >= 11 is 0. The van der Waals surface area contributed by atoms with Gasteiger partial charge >= 0.3 is 0 Å².